The van der Waals surface area contributed by atoms with Crippen LogP contribution in [-0.2, 0) is 11.3 Å². The average Bonchev–Trinajstić information content (AvgIpc) is 2.41. The lowest BCUT2D eigenvalue weighted by molar-refractivity contribution is 0.0682. The summed E-state index contributed by atoms with van der Waals surface area (Å²) in [5.74, 6) is -2.33. The highest BCUT2D eigenvalue weighted by molar-refractivity contribution is 5.93. The summed E-state index contributed by atoms with van der Waals surface area (Å²) in [5, 5.41) is 27.9. The summed E-state index contributed by atoms with van der Waals surface area (Å²) >= 11 is 0. The van der Waals surface area contributed by atoms with Crippen molar-refractivity contribution < 1.29 is 24.9 Å². The van der Waals surface area contributed by atoms with E-state index >= 15 is 0 Å². The Balaban J connectivity index is 2.48. The number of hydrogen-bond acceptors (Lipinski definition) is 4. The highest BCUT2D eigenvalue weighted by Crippen LogP contribution is 2.31. The Bertz CT molecular complexity index is 442. The standard InChI is InChI=1S/C15H22O5/c1-2-3-4-5-6-9-20-10-11-7-8-12(16)14(17)13(11)15(18)19/h7-8,16-17H,2-6,9-10H2,1H3,(H,18,19). The van der Waals surface area contributed by atoms with E-state index in [2.05, 4.69) is 6.92 Å². The van der Waals surface area contributed by atoms with Gasteiger partial charge < -0.3 is 20.1 Å². The van der Waals surface area contributed by atoms with Crippen molar-refractivity contribution in [1.82, 2.24) is 0 Å². The van der Waals surface area contributed by atoms with Gasteiger partial charge in [-0.2, -0.15) is 0 Å². The Kier molecular flexibility index (Phi) is 6.87. The number of carboxylic acid groups (broad SMARTS) is 1. The van der Waals surface area contributed by atoms with Crippen LogP contribution in [-0.4, -0.2) is 27.9 Å². The topological polar surface area (TPSA) is 87.0 Å². The lowest BCUT2D eigenvalue weighted by Gasteiger charge is -2.10. The molecule has 0 aliphatic rings. The number of carboxylic acids is 1. The molecule has 5 nitrogen and oxygen atoms in total. The maximum absolute atomic E-state index is 11.1. The quantitative estimate of drug-likeness (QED) is 0.478. The van der Waals surface area contributed by atoms with E-state index in [-0.39, 0.29) is 12.2 Å². The summed E-state index contributed by atoms with van der Waals surface area (Å²) in [4.78, 5) is 11.1. The summed E-state index contributed by atoms with van der Waals surface area (Å²) in [6.45, 7) is 2.83. The van der Waals surface area contributed by atoms with Gasteiger partial charge in [-0.05, 0) is 18.1 Å². The van der Waals surface area contributed by atoms with Gasteiger partial charge in [0, 0.05) is 6.61 Å². The zero-order valence-electron chi connectivity index (χ0n) is 11.8. The third kappa shape index (κ3) is 4.74. The number of carbonyl (C=O) groups is 1. The van der Waals surface area contributed by atoms with E-state index in [4.69, 9.17) is 9.84 Å². The summed E-state index contributed by atoms with van der Waals surface area (Å²) in [5.41, 5.74) is 0.0670. The zero-order valence-corrected chi connectivity index (χ0v) is 11.8. The van der Waals surface area contributed by atoms with Gasteiger partial charge in [-0.3, -0.25) is 0 Å². The average molecular weight is 282 g/mol. The van der Waals surface area contributed by atoms with Crippen molar-refractivity contribution in [2.75, 3.05) is 6.61 Å². The molecule has 0 aliphatic carbocycles. The minimum Gasteiger partial charge on any atom is -0.504 e. The van der Waals surface area contributed by atoms with Crippen molar-refractivity contribution in [2.24, 2.45) is 0 Å². The molecule has 0 aromatic heterocycles. The van der Waals surface area contributed by atoms with E-state index < -0.39 is 17.5 Å². The van der Waals surface area contributed by atoms with Crippen molar-refractivity contribution in [3.05, 3.63) is 23.3 Å². The van der Waals surface area contributed by atoms with Gasteiger partial charge in [-0.25, -0.2) is 4.79 Å². The first-order chi connectivity index (χ1) is 9.57. The van der Waals surface area contributed by atoms with Gasteiger partial charge in [0.1, 0.15) is 5.56 Å². The summed E-state index contributed by atoms with van der Waals surface area (Å²) in [6.07, 6.45) is 5.62. The molecule has 1 rings (SSSR count). The molecule has 0 aliphatic heterocycles. The van der Waals surface area contributed by atoms with Gasteiger partial charge in [0.2, 0.25) is 0 Å². The molecule has 0 bridgehead atoms. The Hall–Kier alpha value is -1.75. The third-order valence-electron chi connectivity index (χ3n) is 3.11. The van der Waals surface area contributed by atoms with Crippen LogP contribution in [0.2, 0.25) is 0 Å². The van der Waals surface area contributed by atoms with Crippen LogP contribution >= 0.6 is 0 Å². The third-order valence-corrected chi connectivity index (χ3v) is 3.11. The molecule has 1 aromatic carbocycles. The first kappa shape index (κ1) is 16.3. The SMILES string of the molecule is CCCCCCCOCc1ccc(O)c(O)c1C(=O)O. The second kappa shape index (κ2) is 8.43. The maximum atomic E-state index is 11.1. The Labute approximate surface area is 118 Å². The van der Waals surface area contributed by atoms with Gasteiger partial charge >= 0.3 is 5.97 Å². The molecule has 0 heterocycles. The van der Waals surface area contributed by atoms with Crippen LogP contribution in [0.1, 0.15) is 54.9 Å². The van der Waals surface area contributed by atoms with Crippen molar-refractivity contribution in [2.45, 2.75) is 45.6 Å². The smallest absolute Gasteiger partial charge is 0.339 e. The molecular weight excluding hydrogens is 260 g/mol. The molecule has 0 fully saturated rings. The number of ether oxygens (including phenoxy) is 1. The van der Waals surface area contributed by atoms with Crippen molar-refractivity contribution in [3.8, 4) is 11.5 Å². The molecule has 0 amide bonds. The van der Waals surface area contributed by atoms with Crippen molar-refractivity contribution in [3.63, 3.8) is 0 Å². The fourth-order valence-electron chi connectivity index (χ4n) is 1.97. The predicted molar refractivity (Wildman–Crippen MR) is 75.1 cm³/mol. The van der Waals surface area contributed by atoms with Crippen molar-refractivity contribution >= 4 is 5.97 Å². The summed E-state index contributed by atoms with van der Waals surface area (Å²) in [6, 6.07) is 2.72. The molecule has 0 unspecified atom stereocenters. The van der Waals surface area contributed by atoms with Gasteiger partial charge in [-0.15, -0.1) is 0 Å². The van der Waals surface area contributed by atoms with Gasteiger partial charge in [0.05, 0.1) is 6.61 Å². The van der Waals surface area contributed by atoms with E-state index in [1.165, 1.54) is 31.4 Å². The largest absolute Gasteiger partial charge is 0.504 e. The number of phenols is 2. The zero-order chi connectivity index (χ0) is 15.0. The number of hydrogen-bond donors (Lipinski definition) is 3. The number of aromatic carboxylic acids is 1. The fraction of sp³-hybridized carbons (Fsp3) is 0.533. The van der Waals surface area contributed by atoms with Crippen LogP contribution in [0.15, 0.2) is 12.1 Å². The fourth-order valence-corrected chi connectivity index (χ4v) is 1.97. The number of rotatable bonds is 9. The number of phenolic OH excluding ortho intramolecular Hbond substituents is 1. The molecule has 0 atom stereocenters. The minimum absolute atomic E-state index is 0.114. The van der Waals surface area contributed by atoms with E-state index in [1.807, 2.05) is 0 Å². The van der Waals surface area contributed by atoms with E-state index in [0.29, 0.717) is 12.2 Å². The molecule has 0 radical (unpaired) electrons. The summed E-state index contributed by atoms with van der Waals surface area (Å²) in [7, 11) is 0. The molecule has 1 aromatic rings. The lowest BCUT2D eigenvalue weighted by atomic mass is 10.1. The van der Waals surface area contributed by atoms with Crippen LogP contribution in [0.5, 0.6) is 11.5 Å². The highest BCUT2D eigenvalue weighted by Gasteiger charge is 2.18. The Morgan fingerprint density at radius 1 is 1.15 bits per heavy atom. The summed E-state index contributed by atoms with van der Waals surface area (Å²) < 4.78 is 5.43. The normalized spacial score (nSPS) is 10.7. The van der Waals surface area contributed by atoms with Gasteiger partial charge in [0.25, 0.3) is 0 Å². The minimum atomic E-state index is -1.28. The number of unbranched alkanes of at least 4 members (excludes halogenated alkanes) is 4. The molecule has 5 heteroatoms. The Morgan fingerprint density at radius 3 is 2.50 bits per heavy atom. The number of aromatic hydroxyl groups is 2. The van der Waals surface area contributed by atoms with Crippen LogP contribution in [0.25, 0.3) is 0 Å². The van der Waals surface area contributed by atoms with Crippen LogP contribution < -0.4 is 0 Å². The van der Waals surface area contributed by atoms with Crippen LogP contribution in [0.3, 0.4) is 0 Å². The lowest BCUT2D eigenvalue weighted by Crippen LogP contribution is -2.05. The second-order valence-corrected chi connectivity index (χ2v) is 4.74. The second-order valence-electron chi connectivity index (χ2n) is 4.74. The molecular formula is C15H22O5. The van der Waals surface area contributed by atoms with Gasteiger partial charge in [0.15, 0.2) is 11.5 Å². The maximum Gasteiger partial charge on any atom is 0.339 e. The Morgan fingerprint density at radius 2 is 1.85 bits per heavy atom. The molecule has 0 saturated carbocycles. The molecule has 0 spiro atoms. The van der Waals surface area contributed by atoms with Crippen LogP contribution in [0.4, 0.5) is 0 Å². The predicted octanol–water partition coefficient (Wildman–Crippen LogP) is 3.28. The van der Waals surface area contributed by atoms with E-state index in [9.17, 15) is 15.0 Å². The number of benzene rings is 1. The van der Waals surface area contributed by atoms with E-state index in [0.717, 1.165) is 12.8 Å². The highest BCUT2D eigenvalue weighted by atomic mass is 16.5. The first-order valence-corrected chi connectivity index (χ1v) is 6.92. The van der Waals surface area contributed by atoms with Crippen LogP contribution in [0, 0.1) is 0 Å². The molecule has 112 valence electrons. The first-order valence-electron chi connectivity index (χ1n) is 6.92. The van der Waals surface area contributed by atoms with Crippen molar-refractivity contribution in [1.29, 1.82) is 0 Å². The van der Waals surface area contributed by atoms with Gasteiger partial charge in [-0.1, -0.05) is 38.7 Å². The molecule has 3 N–H and O–H groups in total. The van der Waals surface area contributed by atoms with E-state index in [1.54, 1.807) is 0 Å². The monoisotopic (exact) mass is 282 g/mol. The molecule has 0 saturated heterocycles. The molecule has 20 heavy (non-hydrogen) atoms.